The Morgan fingerprint density at radius 1 is 1.19 bits per heavy atom. The molecule has 0 saturated carbocycles. The molecule has 1 fully saturated rings. The predicted molar refractivity (Wildman–Crippen MR) is 68.7 cm³/mol. The number of carbonyl (C=O) groups is 3. The normalized spacial score (nSPS) is 20.4. The lowest BCUT2D eigenvalue weighted by Crippen LogP contribution is -2.34. The molecule has 0 amide bonds. The van der Waals surface area contributed by atoms with Gasteiger partial charge < -0.3 is 36.8 Å². The number of hydrogen-bond acceptors (Lipinski definition) is 6. The predicted octanol–water partition coefficient (Wildman–Crippen LogP) is -2.42. The maximum absolute atomic E-state index is 10.2. The van der Waals surface area contributed by atoms with Crippen LogP contribution in [-0.2, 0) is 19.1 Å². The summed E-state index contributed by atoms with van der Waals surface area (Å²) in [7, 11) is 0. The average molecular weight is 306 g/mol. The van der Waals surface area contributed by atoms with E-state index in [0.717, 1.165) is 0 Å². The monoisotopic (exact) mass is 306 g/mol. The molecular formula is C10H18N4O7. The minimum absolute atomic E-state index is 0.112. The van der Waals surface area contributed by atoms with E-state index in [1.165, 1.54) is 0 Å². The van der Waals surface area contributed by atoms with Crippen molar-refractivity contribution in [3.8, 4) is 0 Å². The van der Waals surface area contributed by atoms with Crippen molar-refractivity contribution in [1.82, 2.24) is 5.32 Å². The molecule has 0 aliphatic carbocycles. The Labute approximate surface area is 119 Å². The Bertz CT molecular complexity index is 396. The van der Waals surface area contributed by atoms with Gasteiger partial charge >= 0.3 is 17.9 Å². The van der Waals surface area contributed by atoms with E-state index < -0.39 is 36.2 Å². The molecule has 11 nitrogen and oxygen atoms in total. The fourth-order valence-corrected chi connectivity index (χ4v) is 1.16. The molecule has 1 rings (SSSR count). The Morgan fingerprint density at radius 2 is 1.67 bits per heavy atom. The molecule has 0 bridgehead atoms. The summed E-state index contributed by atoms with van der Waals surface area (Å²) >= 11 is 0. The van der Waals surface area contributed by atoms with E-state index in [4.69, 9.17) is 32.2 Å². The molecule has 1 aliphatic heterocycles. The summed E-state index contributed by atoms with van der Waals surface area (Å²) in [5, 5.41) is 33.9. The van der Waals surface area contributed by atoms with E-state index in [1.807, 2.05) is 0 Å². The molecule has 0 spiro atoms. The van der Waals surface area contributed by atoms with Crippen LogP contribution in [0.5, 0.6) is 0 Å². The van der Waals surface area contributed by atoms with Gasteiger partial charge in [-0.3, -0.25) is 10.2 Å². The average Bonchev–Trinajstić information content (AvgIpc) is 3.15. The summed E-state index contributed by atoms with van der Waals surface area (Å²) in [5.41, 5.74) is 10.2. The smallest absolute Gasteiger partial charge is 0.336 e. The van der Waals surface area contributed by atoms with Gasteiger partial charge in [-0.1, -0.05) is 0 Å². The topological polar surface area (TPSA) is 212 Å². The minimum Gasteiger partial charge on any atom is -0.480 e. The van der Waals surface area contributed by atoms with Gasteiger partial charge in [-0.25, -0.2) is 9.59 Å². The summed E-state index contributed by atoms with van der Waals surface area (Å²) in [6.07, 6.45) is -1.27. The largest absolute Gasteiger partial charge is 0.480 e. The van der Waals surface area contributed by atoms with Crippen LogP contribution in [0.25, 0.3) is 0 Å². The van der Waals surface area contributed by atoms with Crippen LogP contribution in [0, 0.1) is 5.41 Å². The molecule has 1 heterocycles. The van der Waals surface area contributed by atoms with Gasteiger partial charge in [-0.15, -0.1) is 0 Å². The van der Waals surface area contributed by atoms with Gasteiger partial charge in [0, 0.05) is 6.54 Å². The highest BCUT2D eigenvalue weighted by Crippen LogP contribution is 2.21. The van der Waals surface area contributed by atoms with Crippen LogP contribution in [0.1, 0.15) is 12.8 Å². The van der Waals surface area contributed by atoms with Crippen LogP contribution in [-0.4, -0.2) is 64.0 Å². The zero-order valence-corrected chi connectivity index (χ0v) is 11.0. The molecule has 9 N–H and O–H groups in total. The molecule has 0 unspecified atom stereocenters. The minimum atomic E-state index is -1.22. The van der Waals surface area contributed by atoms with E-state index in [-0.39, 0.29) is 5.96 Å². The number of epoxide rings is 1. The van der Waals surface area contributed by atoms with Crippen molar-refractivity contribution >= 4 is 23.9 Å². The Balaban J connectivity index is 0.000000394. The molecule has 3 atom stereocenters. The Morgan fingerprint density at radius 3 is 1.95 bits per heavy atom. The molecule has 0 aromatic carbocycles. The second-order valence-electron chi connectivity index (χ2n) is 4.08. The van der Waals surface area contributed by atoms with Gasteiger partial charge in [0.25, 0.3) is 0 Å². The molecule has 21 heavy (non-hydrogen) atoms. The zero-order chi connectivity index (χ0) is 16.6. The van der Waals surface area contributed by atoms with E-state index in [0.29, 0.717) is 19.4 Å². The number of guanidine groups is 1. The van der Waals surface area contributed by atoms with Crippen molar-refractivity contribution in [2.45, 2.75) is 31.1 Å². The second-order valence-corrected chi connectivity index (χ2v) is 4.08. The van der Waals surface area contributed by atoms with E-state index in [9.17, 15) is 14.4 Å². The van der Waals surface area contributed by atoms with Crippen molar-refractivity contribution in [3.05, 3.63) is 0 Å². The molecule has 11 heteroatoms. The van der Waals surface area contributed by atoms with E-state index in [1.54, 1.807) is 0 Å². The highest BCUT2D eigenvalue weighted by molar-refractivity contribution is 5.87. The molecule has 0 aromatic heterocycles. The number of aliphatic carboxylic acids is 3. The summed E-state index contributed by atoms with van der Waals surface area (Å²) < 4.78 is 4.24. The fourth-order valence-electron chi connectivity index (χ4n) is 1.16. The molecule has 1 aliphatic rings. The third-order valence-corrected chi connectivity index (χ3v) is 2.30. The van der Waals surface area contributed by atoms with Crippen molar-refractivity contribution < 1.29 is 34.4 Å². The van der Waals surface area contributed by atoms with Gasteiger partial charge in [-0.05, 0) is 12.8 Å². The third-order valence-electron chi connectivity index (χ3n) is 2.30. The first kappa shape index (κ1) is 18.6. The summed E-state index contributed by atoms with van der Waals surface area (Å²) in [5.74, 6) is -3.55. The van der Waals surface area contributed by atoms with Crippen LogP contribution in [0.4, 0.5) is 0 Å². The number of ether oxygens (including phenoxy) is 1. The highest BCUT2D eigenvalue weighted by atomic mass is 16.6. The van der Waals surface area contributed by atoms with Crippen molar-refractivity contribution in [1.29, 1.82) is 5.41 Å². The number of nitrogens with one attached hydrogen (secondary N) is 2. The Kier molecular flexibility index (Phi) is 7.71. The highest BCUT2D eigenvalue weighted by Gasteiger charge is 2.50. The summed E-state index contributed by atoms with van der Waals surface area (Å²) in [6.45, 7) is 0.482. The van der Waals surface area contributed by atoms with Gasteiger partial charge in [-0.2, -0.15) is 0 Å². The molecule has 0 aromatic rings. The number of hydrogen-bond donors (Lipinski definition) is 7. The summed E-state index contributed by atoms with van der Waals surface area (Å²) in [6, 6.07) is -0.821. The fraction of sp³-hybridized carbons (Fsp3) is 0.600. The van der Waals surface area contributed by atoms with Gasteiger partial charge in [0.05, 0.1) is 0 Å². The van der Waals surface area contributed by atoms with Crippen molar-refractivity contribution in [3.63, 3.8) is 0 Å². The van der Waals surface area contributed by atoms with E-state index in [2.05, 4.69) is 10.1 Å². The van der Waals surface area contributed by atoms with Crippen molar-refractivity contribution in [2.75, 3.05) is 6.54 Å². The van der Waals surface area contributed by atoms with Crippen molar-refractivity contribution in [2.24, 2.45) is 11.5 Å². The second kappa shape index (κ2) is 8.71. The van der Waals surface area contributed by atoms with Crippen LogP contribution in [0.3, 0.4) is 0 Å². The van der Waals surface area contributed by atoms with Gasteiger partial charge in [0.1, 0.15) is 6.04 Å². The standard InChI is InChI=1S/C6H14N4O2.C4H4O5/c7-4(5(11)12)2-1-3-10-6(8)9;5-3(6)1-2(9-1)4(7)8/h4H,1-3,7H2,(H,11,12)(H4,8,9,10);1-2H,(H,5,6)(H,7,8)/t4-;1-,2-/m10/s1. The van der Waals surface area contributed by atoms with Gasteiger partial charge in [0.2, 0.25) is 0 Å². The maximum Gasteiger partial charge on any atom is 0.336 e. The third kappa shape index (κ3) is 8.39. The zero-order valence-electron chi connectivity index (χ0n) is 11.0. The quantitative estimate of drug-likeness (QED) is 0.114. The lowest BCUT2D eigenvalue weighted by molar-refractivity contribution is -0.140. The van der Waals surface area contributed by atoms with Crippen LogP contribution in [0.2, 0.25) is 0 Å². The molecule has 120 valence electrons. The SMILES string of the molecule is N=C(N)NCCC[C@@H](N)C(=O)O.O=C(O)[C@H]1O[C@@H]1C(=O)O. The number of rotatable bonds is 7. The molecular weight excluding hydrogens is 288 g/mol. The number of carboxylic acids is 3. The first-order valence-corrected chi connectivity index (χ1v) is 5.84. The maximum atomic E-state index is 10.2. The number of nitrogens with two attached hydrogens (primary N) is 2. The van der Waals surface area contributed by atoms with Crippen LogP contribution < -0.4 is 16.8 Å². The molecule has 1 saturated heterocycles. The number of carboxylic acid groups (broad SMARTS) is 3. The van der Waals surface area contributed by atoms with Crippen LogP contribution in [0.15, 0.2) is 0 Å². The first-order chi connectivity index (χ1) is 9.66. The lowest BCUT2D eigenvalue weighted by Gasteiger charge is -2.06. The first-order valence-electron chi connectivity index (χ1n) is 5.84. The Hall–Kier alpha value is -2.40. The lowest BCUT2D eigenvalue weighted by atomic mass is 10.2. The van der Waals surface area contributed by atoms with Gasteiger partial charge in [0.15, 0.2) is 18.2 Å². The molecule has 0 radical (unpaired) electrons. The summed E-state index contributed by atoms with van der Waals surface area (Å²) in [4.78, 5) is 30.0. The van der Waals surface area contributed by atoms with Crippen LogP contribution >= 0.6 is 0 Å². The van der Waals surface area contributed by atoms with E-state index >= 15 is 0 Å².